The van der Waals surface area contributed by atoms with Gasteiger partial charge in [-0.1, -0.05) is 12.2 Å². The van der Waals surface area contributed by atoms with Crippen LogP contribution in [0.25, 0.3) is 0 Å². The standard InChI is InChI=1S/C8H16O4/c9-7(10)5-3-1-2-4-6-8(11)12/h1-2,7-12H,3-6H2/b2-1+. The fourth-order valence-corrected chi connectivity index (χ4v) is 0.726. The first-order valence-electron chi connectivity index (χ1n) is 4.00. The lowest BCUT2D eigenvalue weighted by Gasteiger charge is -1.99. The van der Waals surface area contributed by atoms with E-state index in [1.54, 1.807) is 12.2 Å². The molecule has 4 heteroatoms. The maximum Gasteiger partial charge on any atom is 0.151 e. The second kappa shape index (κ2) is 7.24. The van der Waals surface area contributed by atoms with Crippen molar-refractivity contribution in [1.82, 2.24) is 0 Å². The summed E-state index contributed by atoms with van der Waals surface area (Å²) in [6.07, 6.45) is 2.91. The Kier molecular flexibility index (Phi) is 6.99. The van der Waals surface area contributed by atoms with Crippen LogP contribution in [-0.4, -0.2) is 33.0 Å². The maximum atomic E-state index is 8.44. The van der Waals surface area contributed by atoms with Crippen molar-refractivity contribution in [2.24, 2.45) is 0 Å². The van der Waals surface area contributed by atoms with E-state index in [0.717, 1.165) is 0 Å². The number of aliphatic hydroxyl groups is 4. The predicted molar refractivity (Wildman–Crippen MR) is 44.1 cm³/mol. The summed E-state index contributed by atoms with van der Waals surface area (Å²) >= 11 is 0. The van der Waals surface area contributed by atoms with Crippen molar-refractivity contribution in [2.75, 3.05) is 0 Å². The highest BCUT2D eigenvalue weighted by atomic mass is 16.5. The van der Waals surface area contributed by atoms with Crippen LogP contribution in [0.1, 0.15) is 25.7 Å². The lowest BCUT2D eigenvalue weighted by Crippen LogP contribution is -2.02. The molecule has 0 saturated heterocycles. The van der Waals surface area contributed by atoms with Gasteiger partial charge in [0.15, 0.2) is 12.6 Å². The van der Waals surface area contributed by atoms with Crippen LogP contribution in [0.15, 0.2) is 12.2 Å². The van der Waals surface area contributed by atoms with Gasteiger partial charge in [0.25, 0.3) is 0 Å². The fourth-order valence-electron chi connectivity index (χ4n) is 0.726. The molecule has 0 spiro atoms. The molecule has 0 aromatic rings. The van der Waals surface area contributed by atoms with Crippen LogP contribution < -0.4 is 0 Å². The first-order valence-corrected chi connectivity index (χ1v) is 4.00. The lowest BCUT2D eigenvalue weighted by atomic mass is 10.2. The van der Waals surface area contributed by atoms with E-state index in [1.165, 1.54) is 0 Å². The molecule has 0 radical (unpaired) electrons. The monoisotopic (exact) mass is 176 g/mol. The van der Waals surface area contributed by atoms with Crippen LogP contribution in [0.5, 0.6) is 0 Å². The Morgan fingerprint density at radius 1 is 0.750 bits per heavy atom. The minimum atomic E-state index is -1.25. The van der Waals surface area contributed by atoms with E-state index in [-0.39, 0.29) is 0 Å². The number of allylic oxidation sites excluding steroid dienone is 2. The van der Waals surface area contributed by atoms with Crippen LogP contribution in [0.3, 0.4) is 0 Å². The highest BCUT2D eigenvalue weighted by Gasteiger charge is 1.94. The van der Waals surface area contributed by atoms with E-state index >= 15 is 0 Å². The van der Waals surface area contributed by atoms with Gasteiger partial charge in [0, 0.05) is 12.8 Å². The average Bonchev–Trinajstić information content (AvgIpc) is 1.95. The summed E-state index contributed by atoms with van der Waals surface area (Å²) < 4.78 is 0. The Morgan fingerprint density at radius 3 is 1.33 bits per heavy atom. The Balaban J connectivity index is 3.15. The van der Waals surface area contributed by atoms with Crippen molar-refractivity contribution < 1.29 is 20.4 Å². The zero-order chi connectivity index (χ0) is 9.40. The summed E-state index contributed by atoms with van der Waals surface area (Å²) in [6.45, 7) is 0. The molecule has 0 aromatic carbocycles. The molecular formula is C8H16O4. The Morgan fingerprint density at radius 2 is 1.08 bits per heavy atom. The van der Waals surface area contributed by atoms with E-state index in [4.69, 9.17) is 20.4 Å². The van der Waals surface area contributed by atoms with Crippen molar-refractivity contribution in [2.45, 2.75) is 38.3 Å². The number of aliphatic hydroxyl groups excluding tert-OH is 2. The largest absolute Gasteiger partial charge is 0.368 e. The van der Waals surface area contributed by atoms with Crippen molar-refractivity contribution in [1.29, 1.82) is 0 Å². The van der Waals surface area contributed by atoms with Crippen molar-refractivity contribution in [3.05, 3.63) is 12.2 Å². The highest BCUT2D eigenvalue weighted by Crippen LogP contribution is 1.99. The number of hydrogen-bond donors (Lipinski definition) is 4. The molecule has 0 amide bonds. The zero-order valence-electron chi connectivity index (χ0n) is 6.93. The van der Waals surface area contributed by atoms with Gasteiger partial charge in [-0.05, 0) is 12.8 Å². The van der Waals surface area contributed by atoms with Gasteiger partial charge >= 0.3 is 0 Å². The van der Waals surface area contributed by atoms with E-state index < -0.39 is 12.6 Å². The van der Waals surface area contributed by atoms with Crippen molar-refractivity contribution in [3.63, 3.8) is 0 Å². The minimum absolute atomic E-state index is 0.318. The predicted octanol–water partition coefficient (Wildman–Crippen LogP) is -0.276. The molecule has 0 bridgehead atoms. The second-order valence-corrected chi connectivity index (χ2v) is 2.59. The number of hydrogen-bond acceptors (Lipinski definition) is 4. The van der Waals surface area contributed by atoms with E-state index in [9.17, 15) is 0 Å². The Hall–Kier alpha value is -0.420. The minimum Gasteiger partial charge on any atom is -0.368 e. The summed E-state index contributed by atoms with van der Waals surface area (Å²) in [4.78, 5) is 0. The second-order valence-electron chi connectivity index (χ2n) is 2.59. The van der Waals surface area contributed by atoms with Gasteiger partial charge in [0.05, 0.1) is 0 Å². The van der Waals surface area contributed by atoms with Gasteiger partial charge < -0.3 is 20.4 Å². The normalized spacial score (nSPS) is 12.2. The first kappa shape index (κ1) is 11.6. The summed E-state index contributed by atoms with van der Waals surface area (Å²) in [5.41, 5.74) is 0. The molecule has 0 heterocycles. The van der Waals surface area contributed by atoms with Gasteiger partial charge in [-0.2, -0.15) is 0 Å². The first-order chi connectivity index (χ1) is 5.63. The molecule has 0 aliphatic heterocycles. The van der Waals surface area contributed by atoms with Gasteiger partial charge in [-0.15, -0.1) is 0 Å². The van der Waals surface area contributed by atoms with Crippen LogP contribution in [0.4, 0.5) is 0 Å². The SMILES string of the molecule is OC(O)CC/C=C/CCC(O)O. The molecule has 0 aromatic heterocycles. The summed E-state index contributed by atoms with van der Waals surface area (Å²) in [7, 11) is 0. The quantitative estimate of drug-likeness (QED) is 0.331. The third-order valence-corrected chi connectivity index (χ3v) is 1.35. The zero-order valence-corrected chi connectivity index (χ0v) is 6.93. The van der Waals surface area contributed by atoms with Crippen molar-refractivity contribution in [3.8, 4) is 0 Å². The number of rotatable bonds is 6. The third-order valence-electron chi connectivity index (χ3n) is 1.35. The van der Waals surface area contributed by atoms with Crippen LogP contribution >= 0.6 is 0 Å². The molecule has 0 fully saturated rings. The molecule has 4 nitrogen and oxygen atoms in total. The molecule has 0 atom stereocenters. The van der Waals surface area contributed by atoms with Crippen LogP contribution in [0, 0.1) is 0 Å². The Bertz CT molecular complexity index is 106. The summed E-state index contributed by atoms with van der Waals surface area (Å²) in [5, 5.41) is 33.8. The smallest absolute Gasteiger partial charge is 0.151 e. The highest BCUT2D eigenvalue weighted by molar-refractivity contribution is 4.81. The molecule has 4 N–H and O–H groups in total. The molecule has 0 unspecified atom stereocenters. The molecule has 72 valence electrons. The van der Waals surface area contributed by atoms with Gasteiger partial charge in [0.1, 0.15) is 0 Å². The lowest BCUT2D eigenvalue weighted by molar-refractivity contribution is -0.0455. The van der Waals surface area contributed by atoms with Crippen LogP contribution in [-0.2, 0) is 0 Å². The molecule has 0 rings (SSSR count). The van der Waals surface area contributed by atoms with Gasteiger partial charge in [-0.3, -0.25) is 0 Å². The topological polar surface area (TPSA) is 80.9 Å². The van der Waals surface area contributed by atoms with Gasteiger partial charge in [0.2, 0.25) is 0 Å². The van der Waals surface area contributed by atoms with Crippen LogP contribution in [0.2, 0.25) is 0 Å². The molecule has 0 aliphatic carbocycles. The van der Waals surface area contributed by atoms with Crippen molar-refractivity contribution >= 4 is 0 Å². The molecule has 0 aliphatic rings. The van der Waals surface area contributed by atoms with E-state index in [2.05, 4.69) is 0 Å². The fraction of sp³-hybridized carbons (Fsp3) is 0.750. The van der Waals surface area contributed by atoms with E-state index in [0.29, 0.717) is 25.7 Å². The van der Waals surface area contributed by atoms with E-state index in [1.807, 2.05) is 0 Å². The molecule has 12 heavy (non-hydrogen) atoms. The maximum absolute atomic E-state index is 8.44. The molecular weight excluding hydrogens is 160 g/mol. The Labute approximate surface area is 71.8 Å². The third kappa shape index (κ3) is 9.58. The summed E-state index contributed by atoms with van der Waals surface area (Å²) in [5.74, 6) is 0. The average molecular weight is 176 g/mol. The summed E-state index contributed by atoms with van der Waals surface area (Å²) in [6, 6.07) is 0. The molecule has 0 saturated carbocycles. The van der Waals surface area contributed by atoms with Gasteiger partial charge in [-0.25, -0.2) is 0 Å².